The summed E-state index contributed by atoms with van der Waals surface area (Å²) < 4.78 is 37.0. The van der Waals surface area contributed by atoms with Gasteiger partial charge in [-0.05, 0) is 17.7 Å². The number of carbonyl (C=O) groups is 2. The minimum atomic E-state index is -3.61. The Morgan fingerprint density at radius 3 is 2.73 bits per heavy atom. The van der Waals surface area contributed by atoms with E-state index in [0.29, 0.717) is 31.9 Å². The van der Waals surface area contributed by atoms with Gasteiger partial charge in [0.1, 0.15) is 12.3 Å². The topological polar surface area (TPSA) is 114 Å². The van der Waals surface area contributed by atoms with Gasteiger partial charge in [0, 0.05) is 25.9 Å². The maximum absolute atomic E-state index is 12.7. The summed E-state index contributed by atoms with van der Waals surface area (Å²) >= 11 is 0. The molecule has 0 aromatic heterocycles. The summed E-state index contributed by atoms with van der Waals surface area (Å²) in [5.41, 5.74) is 2.92. The molecule has 1 aromatic rings. The van der Waals surface area contributed by atoms with E-state index in [1.807, 2.05) is 0 Å². The van der Waals surface area contributed by atoms with E-state index in [1.54, 1.807) is 12.1 Å². The molecule has 2 aliphatic heterocycles. The lowest BCUT2D eigenvalue weighted by atomic mass is 10.2. The van der Waals surface area contributed by atoms with Gasteiger partial charge >= 0.3 is 5.97 Å². The summed E-state index contributed by atoms with van der Waals surface area (Å²) in [6, 6.07) is 6.28. The van der Waals surface area contributed by atoms with E-state index < -0.39 is 16.0 Å². The van der Waals surface area contributed by atoms with Crippen LogP contribution in [0.4, 0.5) is 0 Å². The number of nitrogens with zero attached hydrogens (tertiary/aromatic N) is 2. The van der Waals surface area contributed by atoms with Crippen LogP contribution < -0.4 is 5.43 Å². The van der Waals surface area contributed by atoms with Crippen molar-refractivity contribution in [1.29, 1.82) is 0 Å². The molecule has 2 aliphatic rings. The Labute approximate surface area is 151 Å². The van der Waals surface area contributed by atoms with Gasteiger partial charge in [-0.15, -0.1) is 0 Å². The van der Waals surface area contributed by atoms with Crippen LogP contribution in [0.1, 0.15) is 18.4 Å². The molecule has 0 aliphatic carbocycles. The highest BCUT2D eigenvalue weighted by Crippen LogP contribution is 2.19. The number of hydrogen-bond donors (Lipinski definition) is 1. The molecule has 1 amide bonds. The molecule has 0 unspecified atom stereocenters. The minimum Gasteiger partial charge on any atom is -0.456 e. The molecule has 0 spiro atoms. The number of carbonyl (C=O) groups excluding carboxylic acids is 2. The molecule has 1 saturated heterocycles. The van der Waals surface area contributed by atoms with E-state index in [9.17, 15) is 18.0 Å². The number of amides is 1. The fraction of sp³-hybridized carbons (Fsp3) is 0.438. The van der Waals surface area contributed by atoms with Crippen LogP contribution in [0.5, 0.6) is 0 Å². The van der Waals surface area contributed by atoms with Crippen molar-refractivity contribution in [2.45, 2.75) is 24.3 Å². The van der Waals surface area contributed by atoms with Crippen LogP contribution in [0, 0.1) is 0 Å². The highest BCUT2D eigenvalue weighted by atomic mass is 32.2. The van der Waals surface area contributed by atoms with Crippen molar-refractivity contribution in [3.8, 4) is 0 Å². The van der Waals surface area contributed by atoms with Crippen LogP contribution in [-0.2, 0) is 35.7 Å². The molecule has 0 saturated carbocycles. The number of ether oxygens (including phenoxy) is 2. The second-order valence-corrected chi connectivity index (χ2v) is 7.77. The van der Waals surface area contributed by atoms with E-state index in [4.69, 9.17) is 9.47 Å². The average molecular weight is 381 g/mol. The second kappa shape index (κ2) is 7.94. The zero-order valence-corrected chi connectivity index (χ0v) is 14.8. The van der Waals surface area contributed by atoms with Crippen LogP contribution in [0.2, 0.25) is 0 Å². The third-order valence-electron chi connectivity index (χ3n) is 4.02. The molecule has 3 rings (SSSR count). The molecule has 2 heterocycles. The summed E-state index contributed by atoms with van der Waals surface area (Å²) in [6.07, 6.45) is 0.400. The highest BCUT2D eigenvalue weighted by Gasteiger charge is 2.26. The maximum Gasteiger partial charge on any atom is 0.354 e. The first-order chi connectivity index (χ1) is 12.5. The van der Waals surface area contributed by atoms with E-state index in [0.717, 1.165) is 0 Å². The van der Waals surface area contributed by atoms with E-state index in [1.165, 1.54) is 16.4 Å². The summed E-state index contributed by atoms with van der Waals surface area (Å²) in [4.78, 5) is 23.1. The lowest BCUT2D eigenvalue weighted by Crippen LogP contribution is -2.40. The highest BCUT2D eigenvalue weighted by molar-refractivity contribution is 7.89. The number of esters is 1. The first kappa shape index (κ1) is 18.5. The number of benzene rings is 1. The molecule has 0 radical (unpaired) electrons. The molecule has 10 heteroatoms. The van der Waals surface area contributed by atoms with Crippen molar-refractivity contribution in [3.63, 3.8) is 0 Å². The van der Waals surface area contributed by atoms with Gasteiger partial charge in [-0.25, -0.2) is 18.6 Å². The Hall–Kier alpha value is -2.30. The SMILES string of the molecule is O=C1CCC(C(=O)OCc2cccc(S(=O)(=O)N3CCOCC3)c2)=NN1. The van der Waals surface area contributed by atoms with Crippen LogP contribution in [0.25, 0.3) is 0 Å². The fourth-order valence-corrected chi connectivity index (χ4v) is 4.06. The third-order valence-corrected chi connectivity index (χ3v) is 5.91. The summed E-state index contributed by atoms with van der Waals surface area (Å²) in [5, 5.41) is 3.67. The van der Waals surface area contributed by atoms with Crippen molar-refractivity contribution in [1.82, 2.24) is 9.73 Å². The zero-order chi connectivity index (χ0) is 18.6. The quantitative estimate of drug-likeness (QED) is 0.719. The smallest absolute Gasteiger partial charge is 0.354 e. The van der Waals surface area contributed by atoms with Gasteiger partial charge in [-0.1, -0.05) is 12.1 Å². The Kier molecular flexibility index (Phi) is 5.64. The molecular formula is C16H19N3O6S. The van der Waals surface area contributed by atoms with Crippen molar-refractivity contribution < 1.29 is 27.5 Å². The number of morpholine rings is 1. The monoisotopic (exact) mass is 381 g/mol. The molecule has 140 valence electrons. The van der Waals surface area contributed by atoms with Crippen LogP contribution in [0.3, 0.4) is 0 Å². The molecule has 1 N–H and O–H groups in total. The van der Waals surface area contributed by atoms with Gasteiger partial charge in [0.15, 0.2) is 0 Å². The largest absolute Gasteiger partial charge is 0.456 e. The second-order valence-electron chi connectivity index (χ2n) is 5.83. The summed E-state index contributed by atoms with van der Waals surface area (Å²) in [5.74, 6) is -0.881. The van der Waals surface area contributed by atoms with Crippen LogP contribution in [0.15, 0.2) is 34.3 Å². The lowest BCUT2D eigenvalue weighted by Gasteiger charge is -2.26. The van der Waals surface area contributed by atoms with E-state index >= 15 is 0 Å². The zero-order valence-electron chi connectivity index (χ0n) is 14.0. The first-order valence-electron chi connectivity index (χ1n) is 8.16. The van der Waals surface area contributed by atoms with E-state index in [-0.39, 0.29) is 36.0 Å². The standard InChI is InChI=1S/C16H19N3O6S/c20-15-5-4-14(17-18-15)16(21)25-11-12-2-1-3-13(10-12)26(22,23)19-6-8-24-9-7-19/h1-3,10H,4-9,11H2,(H,18,20). The number of rotatable bonds is 5. The van der Waals surface area contributed by atoms with Gasteiger partial charge in [-0.2, -0.15) is 9.41 Å². The van der Waals surface area contributed by atoms with Gasteiger partial charge in [0.2, 0.25) is 15.9 Å². The van der Waals surface area contributed by atoms with Crippen molar-refractivity contribution in [3.05, 3.63) is 29.8 Å². The average Bonchev–Trinajstić information content (AvgIpc) is 2.67. The maximum atomic E-state index is 12.7. The van der Waals surface area contributed by atoms with E-state index in [2.05, 4.69) is 10.5 Å². The van der Waals surface area contributed by atoms with Gasteiger partial charge in [0.25, 0.3) is 0 Å². The van der Waals surface area contributed by atoms with Gasteiger partial charge < -0.3 is 9.47 Å². The Balaban J connectivity index is 1.66. The van der Waals surface area contributed by atoms with Crippen LogP contribution >= 0.6 is 0 Å². The number of nitrogens with one attached hydrogen (secondary N) is 1. The molecule has 1 aromatic carbocycles. The van der Waals surface area contributed by atoms with Crippen molar-refractivity contribution in [2.75, 3.05) is 26.3 Å². The lowest BCUT2D eigenvalue weighted by molar-refractivity contribution is -0.137. The Morgan fingerprint density at radius 2 is 2.04 bits per heavy atom. The molecule has 0 atom stereocenters. The van der Waals surface area contributed by atoms with Crippen LogP contribution in [-0.4, -0.2) is 56.6 Å². The Bertz CT molecular complexity index is 830. The predicted molar refractivity (Wildman–Crippen MR) is 90.6 cm³/mol. The predicted octanol–water partition coefficient (Wildman–Crippen LogP) is 0.0167. The minimum absolute atomic E-state index is 0.0850. The summed E-state index contributed by atoms with van der Waals surface area (Å²) in [7, 11) is -3.61. The first-order valence-corrected chi connectivity index (χ1v) is 9.60. The third kappa shape index (κ3) is 4.26. The normalized spacial score (nSPS) is 18.8. The van der Waals surface area contributed by atoms with Crippen molar-refractivity contribution in [2.24, 2.45) is 5.10 Å². The Morgan fingerprint density at radius 1 is 1.27 bits per heavy atom. The molecular weight excluding hydrogens is 362 g/mol. The fourth-order valence-electron chi connectivity index (χ4n) is 2.59. The molecule has 1 fully saturated rings. The van der Waals surface area contributed by atoms with Gasteiger partial charge in [-0.3, -0.25) is 4.79 Å². The number of sulfonamides is 1. The van der Waals surface area contributed by atoms with Crippen molar-refractivity contribution >= 4 is 27.6 Å². The van der Waals surface area contributed by atoms with Gasteiger partial charge in [0.05, 0.1) is 18.1 Å². The molecule has 0 bridgehead atoms. The molecule has 9 nitrogen and oxygen atoms in total. The number of hydrogen-bond acceptors (Lipinski definition) is 7. The summed E-state index contributed by atoms with van der Waals surface area (Å²) in [6.45, 7) is 1.28. The molecule has 26 heavy (non-hydrogen) atoms. The number of hydrazone groups is 1.